The SMILES string of the molecule is CC1(C)CCC(N)(Cc2c(F)cccc2F)C1. The Balaban J connectivity index is 2.22. The van der Waals surface area contributed by atoms with Crippen LogP contribution in [0.15, 0.2) is 18.2 Å². The van der Waals surface area contributed by atoms with Crippen LogP contribution in [0.3, 0.4) is 0 Å². The minimum atomic E-state index is -0.487. The Bertz CT molecular complexity index is 408. The molecule has 0 radical (unpaired) electrons. The molecule has 0 saturated heterocycles. The summed E-state index contributed by atoms with van der Waals surface area (Å²) in [6.07, 6.45) is 2.94. The second-order valence-corrected chi connectivity index (χ2v) is 6.08. The number of nitrogens with two attached hydrogens (primary N) is 1. The van der Waals surface area contributed by atoms with Gasteiger partial charge in [-0.2, -0.15) is 0 Å². The fraction of sp³-hybridized carbons (Fsp3) is 0.571. The van der Waals surface area contributed by atoms with Gasteiger partial charge in [0, 0.05) is 11.1 Å². The summed E-state index contributed by atoms with van der Waals surface area (Å²) in [6, 6.07) is 3.97. The van der Waals surface area contributed by atoms with Gasteiger partial charge in [-0.3, -0.25) is 0 Å². The third-order valence-corrected chi connectivity index (χ3v) is 3.72. The van der Waals surface area contributed by atoms with Crippen LogP contribution in [0, 0.1) is 17.0 Å². The molecule has 1 aromatic carbocycles. The Morgan fingerprint density at radius 3 is 2.24 bits per heavy atom. The van der Waals surface area contributed by atoms with Gasteiger partial charge >= 0.3 is 0 Å². The van der Waals surface area contributed by atoms with Gasteiger partial charge < -0.3 is 5.73 Å². The zero-order valence-electron chi connectivity index (χ0n) is 10.4. The highest BCUT2D eigenvalue weighted by Gasteiger charge is 2.41. The van der Waals surface area contributed by atoms with Crippen LogP contribution in [0.5, 0.6) is 0 Å². The molecule has 94 valence electrons. The normalized spacial score (nSPS) is 27.4. The van der Waals surface area contributed by atoms with Crippen LogP contribution in [0.4, 0.5) is 8.78 Å². The van der Waals surface area contributed by atoms with Gasteiger partial charge in [-0.25, -0.2) is 8.78 Å². The summed E-state index contributed by atoms with van der Waals surface area (Å²) in [4.78, 5) is 0. The van der Waals surface area contributed by atoms with Gasteiger partial charge in [-0.1, -0.05) is 19.9 Å². The lowest BCUT2D eigenvalue weighted by Gasteiger charge is -2.27. The van der Waals surface area contributed by atoms with Crippen molar-refractivity contribution in [3.05, 3.63) is 35.4 Å². The first-order valence-corrected chi connectivity index (χ1v) is 6.03. The smallest absolute Gasteiger partial charge is 0.129 e. The molecule has 1 fully saturated rings. The van der Waals surface area contributed by atoms with Crippen molar-refractivity contribution in [2.24, 2.45) is 11.1 Å². The van der Waals surface area contributed by atoms with Gasteiger partial charge in [-0.05, 0) is 43.2 Å². The molecule has 0 spiro atoms. The standard InChI is InChI=1S/C14H19F2N/c1-13(2)6-7-14(17,9-13)8-10-11(15)4-3-5-12(10)16/h3-5H,6-9,17H2,1-2H3. The van der Waals surface area contributed by atoms with Crippen molar-refractivity contribution in [2.75, 3.05) is 0 Å². The molecule has 0 bridgehead atoms. The highest BCUT2D eigenvalue weighted by atomic mass is 19.1. The molecule has 17 heavy (non-hydrogen) atoms. The number of hydrogen-bond acceptors (Lipinski definition) is 1. The predicted molar refractivity (Wildman–Crippen MR) is 64.6 cm³/mol. The van der Waals surface area contributed by atoms with Gasteiger partial charge in [0.05, 0.1) is 0 Å². The number of rotatable bonds is 2. The van der Waals surface area contributed by atoms with E-state index in [1.165, 1.54) is 18.2 Å². The Kier molecular flexibility index (Phi) is 2.98. The van der Waals surface area contributed by atoms with E-state index in [-0.39, 0.29) is 17.4 Å². The van der Waals surface area contributed by atoms with E-state index in [1.807, 2.05) is 0 Å². The van der Waals surface area contributed by atoms with E-state index in [4.69, 9.17) is 5.73 Å². The lowest BCUT2D eigenvalue weighted by molar-refractivity contribution is 0.330. The zero-order chi connectivity index (χ0) is 12.7. The Morgan fingerprint density at radius 1 is 1.18 bits per heavy atom. The average molecular weight is 239 g/mol. The van der Waals surface area contributed by atoms with Crippen LogP contribution in [0.2, 0.25) is 0 Å². The largest absolute Gasteiger partial charge is 0.325 e. The quantitative estimate of drug-likeness (QED) is 0.840. The minimum Gasteiger partial charge on any atom is -0.325 e. The molecule has 1 aliphatic rings. The van der Waals surface area contributed by atoms with Gasteiger partial charge in [0.15, 0.2) is 0 Å². The van der Waals surface area contributed by atoms with Crippen molar-refractivity contribution in [3.8, 4) is 0 Å². The average Bonchev–Trinajstić information content (AvgIpc) is 2.48. The lowest BCUT2D eigenvalue weighted by Crippen LogP contribution is -2.40. The van der Waals surface area contributed by atoms with Crippen molar-refractivity contribution < 1.29 is 8.78 Å². The zero-order valence-corrected chi connectivity index (χ0v) is 10.4. The van der Waals surface area contributed by atoms with Gasteiger partial charge in [0.2, 0.25) is 0 Å². The van der Waals surface area contributed by atoms with Crippen LogP contribution >= 0.6 is 0 Å². The maximum atomic E-state index is 13.6. The highest BCUT2D eigenvalue weighted by Crippen LogP contribution is 2.43. The van der Waals surface area contributed by atoms with E-state index in [0.717, 1.165) is 19.3 Å². The van der Waals surface area contributed by atoms with Crippen LogP contribution in [-0.4, -0.2) is 5.54 Å². The number of benzene rings is 1. The molecule has 1 aromatic rings. The summed E-state index contributed by atoms with van der Waals surface area (Å²) >= 11 is 0. The lowest BCUT2D eigenvalue weighted by atomic mass is 9.84. The molecule has 1 aliphatic carbocycles. The summed E-state index contributed by atoms with van der Waals surface area (Å²) < 4.78 is 27.1. The van der Waals surface area contributed by atoms with E-state index in [1.54, 1.807) is 0 Å². The predicted octanol–water partition coefficient (Wildman–Crippen LogP) is 3.41. The fourth-order valence-corrected chi connectivity index (χ4v) is 2.92. The molecule has 1 nitrogen and oxygen atoms in total. The van der Waals surface area contributed by atoms with Crippen molar-refractivity contribution in [2.45, 2.75) is 45.1 Å². The van der Waals surface area contributed by atoms with E-state index in [0.29, 0.717) is 0 Å². The number of halogens is 2. The first-order chi connectivity index (χ1) is 7.81. The summed E-state index contributed by atoms with van der Waals surface area (Å²) in [5.74, 6) is -0.973. The molecule has 1 unspecified atom stereocenters. The molecule has 1 atom stereocenters. The molecule has 2 N–H and O–H groups in total. The molecule has 0 heterocycles. The third-order valence-electron chi connectivity index (χ3n) is 3.72. The number of hydrogen-bond donors (Lipinski definition) is 1. The first-order valence-electron chi connectivity index (χ1n) is 6.03. The monoisotopic (exact) mass is 239 g/mol. The van der Waals surface area contributed by atoms with Gasteiger partial charge in [0.25, 0.3) is 0 Å². The van der Waals surface area contributed by atoms with E-state index < -0.39 is 17.2 Å². The summed E-state index contributed by atoms with van der Waals surface area (Å²) in [7, 11) is 0. The summed E-state index contributed by atoms with van der Waals surface area (Å²) in [5, 5.41) is 0. The van der Waals surface area contributed by atoms with E-state index >= 15 is 0 Å². The molecule has 0 aromatic heterocycles. The van der Waals surface area contributed by atoms with Crippen LogP contribution in [0.1, 0.15) is 38.7 Å². The van der Waals surface area contributed by atoms with Crippen molar-refractivity contribution in [1.29, 1.82) is 0 Å². The fourth-order valence-electron chi connectivity index (χ4n) is 2.92. The molecule has 2 rings (SSSR count). The van der Waals surface area contributed by atoms with Crippen molar-refractivity contribution >= 4 is 0 Å². The highest BCUT2D eigenvalue weighted by molar-refractivity contribution is 5.23. The molecular formula is C14H19F2N. The Hall–Kier alpha value is -0.960. The maximum Gasteiger partial charge on any atom is 0.129 e. The van der Waals surface area contributed by atoms with Gasteiger partial charge in [-0.15, -0.1) is 0 Å². The molecular weight excluding hydrogens is 220 g/mol. The van der Waals surface area contributed by atoms with Gasteiger partial charge in [0.1, 0.15) is 11.6 Å². The minimum absolute atomic E-state index is 0.132. The molecule has 0 aliphatic heterocycles. The second-order valence-electron chi connectivity index (χ2n) is 6.08. The van der Waals surface area contributed by atoms with Crippen LogP contribution in [0.25, 0.3) is 0 Å². The van der Waals surface area contributed by atoms with Crippen molar-refractivity contribution in [1.82, 2.24) is 0 Å². The molecule has 1 saturated carbocycles. The second kappa shape index (κ2) is 4.05. The van der Waals surface area contributed by atoms with E-state index in [2.05, 4.69) is 13.8 Å². The maximum absolute atomic E-state index is 13.6. The topological polar surface area (TPSA) is 26.0 Å². The first kappa shape index (κ1) is 12.5. The molecule has 3 heteroatoms. The van der Waals surface area contributed by atoms with Crippen LogP contribution in [-0.2, 0) is 6.42 Å². The third kappa shape index (κ3) is 2.65. The van der Waals surface area contributed by atoms with E-state index in [9.17, 15) is 8.78 Å². The summed E-state index contributed by atoms with van der Waals surface area (Å²) in [5.41, 5.74) is 6.11. The summed E-state index contributed by atoms with van der Waals surface area (Å²) in [6.45, 7) is 4.30. The molecule has 0 amide bonds. The van der Waals surface area contributed by atoms with Crippen molar-refractivity contribution in [3.63, 3.8) is 0 Å². The van der Waals surface area contributed by atoms with Crippen LogP contribution < -0.4 is 5.73 Å². The Morgan fingerprint density at radius 2 is 1.76 bits per heavy atom. The Labute approximate surface area is 101 Å².